The van der Waals surface area contributed by atoms with Crippen LogP contribution in [-0.2, 0) is 6.42 Å². The number of rotatable bonds is 5. The summed E-state index contributed by atoms with van der Waals surface area (Å²) in [5, 5.41) is 0. The Kier molecular flexibility index (Phi) is 4.80. The first-order valence-electron chi connectivity index (χ1n) is 7.04. The molecule has 2 aromatic rings. The second kappa shape index (κ2) is 6.58. The largest absolute Gasteiger partial charge is 0.496 e. The monoisotopic (exact) mass is 269 g/mol. The minimum absolute atomic E-state index is 0.364. The normalized spacial score (nSPS) is 12.2. The first-order chi connectivity index (χ1) is 9.65. The van der Waals surface area contributed by atoms with Crippen molar-refractivity contribution in [1.82, 2.24) is 0 Å². The molecule has 0 bridgehead atoms. The fraction of sp³-hybridized carbons (Fsp3) is 0.333. The fourth-order valence-electron chi connectivity index (χ4n) is 2.62. The zero-order chi connectivity index (χ0) is 14.5. The minimum Gasteiger partial charge on any atom is -0.496 e. The van der Waals surface area contributed by atoms with Crippen molar-refractivity contribution in [2.75, 3.05) is 13.7 Å². The molecule has 2 rings (SSSR count). The predicted molar refractivity (Wildman–Crippen MR) is 84.4 cm³/mol. The molecule has 20 heavy (non-hydrogen) atoms. The zero-order valence-electron chi connectivity index (χ0n) is 12.5. The molecule has 1 atom stereocenters. The van der Waals surface area contributed by atoms with Crippen LogP contribution in [0, 0.1) is 13.8 Å². The van der Waals surface area contributed by atoms with E-state index in [1.165, 1.54) is 22.3 Å². The molecule has 0 saturated carbocycles. The molecule has 0 aliphatic heterocycles. The highest BCUT2D eigenvalue weighted by molar-refractivity contribution is 5.42. The molecule has 0 radical (unpaired) electrons. The van der Waals surface area contributed by atoms with Gasteiger partial charge in [0.2, 0.25) is 0 Å². The van der Waals surface area contributed by atoms with Crippen LogP contribution in [0.15, 0.2) is 42.5 Å². The van der Waals surface area contributed by atoms with Gasteiger partial charge in [-0.1, -0.05) is 36.4 Å². The number of hydrogen-bond acceptors (Lipinski definition) is 2. The highest BCUT2D eigenvalue weighted by Gasteiger charge is 2.13. The summed E-state index contributed by atoms with van der Waals surface area (Å²) in [7, 11) is 1.72. The maximum Gasteiger partial charge on any atom is 0.122 e. The number of benzene rings is 2. The second-order valence-corrected chi connectivity index (χ2v) is 5.30. The smallest absolute Gasteiger partial charge is 0.122 e. The van der Waals surface area contributed by atoms with Gasteiger partial charge in [0.1, 0.15) is 5.75 Å². The van der Waals surface area contributed by atoms with Crippen molar-refractivity contribution in [3.05, 3.63) is 64.7 Å². The molecule has 2 aromatic carbocycles. The van der Waals surface area contributed by atoms with Gasteiger partial charge in [-0.05, 0) is 55.1 Å². The maximum atomic E-state index is 5.97. The van der Waals surface area contributed by atoms with Gasteiger partial charge in [0.25, 0.3) is 0 Å². The predicted octanol–water partition coefficient (Wildman–Crippen LogP) is 3.60. The molecular weight excluding hydrogens is 246 g/mol. The molecule has 0 spiro atoms. The number of ether oxygens (including phenoxy) is 1. The van der Waals surface area contributed by atoms with Gasteiger partial charge in [0, 0.05) is 5.92 Å². The molecule has 2 heteroatoms. The summed E-state index contributed by atoms with van der Waals surface area (Å²) < 4.78 is 5.37. The Bertz CT molecular complexity index is 563. The lowest BCUT2D eigenvalue weighted by Gasteiger charge is -2.18. The van der Waals surface area contributed by atoms with Crippen molar-refractivity contribution in [1.29, 1.82) is 0 Å². The van der Waals surface area contributed by atoms with Gasteiger partial charge >= 0.3 is 0 Å². The van der Waals surface area contributed by atoms with Crippen molar-refractivity contribution >= 4 is 0 Å². The van der Waals surface area contributed by atoms with E-state index in [1.54, 1.807) is 7.11 Å². The molecule has 1 unspecified atom stereocenters. The van der Waals surface area contributed by atoms with Gasteiger partial charge in [0.05, 0.1) is 7.11 Å². The SMILES string of the molecule is COc1cc(C)c(CC(CN)c2ccccc2)cc1C. The first kappa shape index (κ1) is 14.6. The molecule has 0 amide bonds. The lowest BCUT2D eigenvalue weighted by molar-refractivity contribution is 0.411. The summed E-state index contributed by atoms with van der Waals surface area (Å²) in [5.74, 6) is 1.32. The van der Waals surface area contributed by atoms with Crippen LogP contribution in [0.25, 0.3) is 0 Å². The van der Waals surface area contributed by atoms with E-state index >= 15 is 0 Å². The van der Waals surface area contributed by atoms with Gasteiger partial charge in [-0.25, -0.2) is 0 Å². The van der Waals surface area contributed by atoms with E-state index in [-0.39, 0.29) is 0 Å². The molecule has 0 aliphatic rings. The van der Waals surface area contributed by atoms with Gasteiger partial charge in [0.15, 0.2) is 0 Å². The maximum absolute atomic E-state index is 5.97. The van der Waals surface area contributed by atoms with Crippen LogP contribution in [0.3, 0.4) is 0 Å². The summed E-state index contributed by atoms with van der Waals surface area (Å²) in [6, 6.07) is 14.8. The molecule has 2 nitrogen and oxygen atoms in total. The molecule has 0 heterocycles. The Hall–Kier alpha value is -1.80. The Morgan fingerprint density at radius 3 is 2.35 bits per heavy atom. The summed E-state index contributed by atoms with van der Waals surface area (Å²) in [6.45, 7) is 4.88. The van der Waals surface area contributed by atoms with Gasteiger partial charge in [-0.3, -0.25) is 0 Å². The molecule has 0 fully saturated rings. The van der Waals surface area contributed by atoms with Crippen LogP contribution in [-0.4, -0.2) is 13.7 Å². The summed E-state index contributed by atoms with van der Waals surface area (Å²) in [6.07, 6.45) is 0.969. The summed E-state index contributed by atoms with van der Waals surface area (Å²) in [5.41, 5.74) is 11.1. The third-order valence-corrected chi connectivity index (χ3v) is 3.88. The second-order valence-electron chi connectivity index (χ2n) is 5.30. The van der Waals surface area contributed by atoms with Crippen molar-refractivity contribution in [2.45, 2.75) is 26.2 Å². The van der Waals surface area contributed by atoms with E-state index in [0.29, 0.717) is 12.5 Å². The highest BCUT2D eigenvalue weighted by atomic mass is 16.5. The van der Waals surface area contributed by atoms with E-state index in [9.17, 15) is 0 Å². The third kappa shape index (κ3) is 3.20. The van der Waals surface area contributed by atoms with Gasteiger partial charge < -0.3 is 10.5 Å². The van der Waals surface area contributed by atoms with E-state index in [0.717, 1.165) is 12.2 Å². The van der Waals surface area contributed by atoms with Crippen molar-refractivity contribution in [3.8, 4) is 5.75 Å². The van der Waals surface area contributed by atoms with Crippen LogP contribution in [0.5, 0.6) is 5.75 Å². The van der Waals surface area contributed by atoms with Crippen molar-refractivity contribution in [2.24, 2.45) is 5.73 Å². The highest BCUT2D eigenvalue weighted by Crippen LogP contribution is 2.27. The molecular formula is C18H23NO. The lowest BCUT2D eigenvalue weighted by atomic mass is 9.89. The molecule has 0 aliphatic carbocycles. The Balaban J connectivity index is 2.26. The lowest BCUT2D eigenvalue weighted by Crippen LogP contribution is -2.15. The Morgan fingerprint density at radius 1 is 1.05 bits per heavy atom. The molecule has 106 valence electrons. The fourth-order valence-corrected chi connectivity index (χ4v) is 2.62. The zero-order valence-corrected chi connectivity index (χ0v) is 12.5. The number of nitrogens with two attached hydrogens (primary N) is 1. The minimum atomic E-state index is 0.364. The van der Waals surface area contributed by atoms with Crippen molar-refractivity contribution < 1.29 is 4.74 Å². The first-order valence-corrected chi connectivity index (χ1v) is 7.04. The van der Waals surface area contributed by atoms with E-state index in [4.69, 9.17) is 10.5 Å². The van der Waals surface area contributed by atoms with Crippen LogP contribution < -0.4 is 10.5 Å². The van der Waals surface area contributed by atoms with Gasteiger partial charge in [-0.15, -0.1) is 0 Å². The number of hydrogen-bond donors (Lipinski definition) is 1. The standard InChI is InChI=1S/C18H23NO/c1-13-10-18(20-3)14(2)9-16(13)11-17(12-19)15-7-5-4-6-8-15/h4-10,17H,11-12,19H2,1-3H3. The average Bonchev–Trinajstić information content (AvgIpc) is 2.48. The molecule has 0 aromatic heterocycles. The number of methoxy groups -OCH3 is 1. The summed E-state index contributed by atoms with van der Waals surface area (Å²) in [4.78, 5) is 0. The summed E-state index contributed by atoms with van der Waals surface area (Å²) >= 11 is 0. The molecule has 2 N–H and O–H groups in total. The molecule has 0 saturated heterocycles. The van der Waals surface area contributed by atoms with E-state index in [2.05, 4.69) is 50.2 Å². The van der Waals surface area contributed by atoms with Crippen LogP contribution in [0.4, 0.5) is 0 Å². The topological polar surface area (TPSA) is 35.2 Å². The van der Waals surface area contributed by atoms with Crippen LogP contribution >= 0.6 is 0 Å². The Labute approximate surface area is 121 Å². The Morgan fingerprint density at radius 2 is 1.75 bits per heavy atom. The third-order valence-electron chi connectivity index (χ3n) is 3.88. The quantitative estimate of drug-likeness (QED) is 0.900. The van der Waals surface area contributed by atoms with E-state index in [1.807, 2.05) is 6.07 Å². The van der Waals surface area contributed by atoms with Crippen molar-refractivity contribution in [3.63, 3.8) is 0 Å². The van der Waals surface area contributed by atoms with Crippen LogP contribution in [0.2, 0.25) is 0 Å². The van der Waals surface area contributed by atoms with Gasteiger partial charge in [-0.2, -0.15) is 0 Å². The number of aryl methyl sites for hydroxylation is 2. The average molecular weight is 269 g/mol. The van der Waals surface area contributed by atoms with Crippen LogP contribution in [0.1, 0.15) is 28.2 Å². The van der Waals surface area contributed by atoms with E-state index < -0.39 is 0 Å².